The Morgan fingerprint density at radius 2 is 1.92 bits per heavy atom. The maximum Gasteiger partial charge on any atom is 0.258 e. The number of halogens is 1. The first kappa shape index (κ1) is 17.7. The van der Waals surface area contributed by atoms with E-state index in [1.54, 1.807) is 42.5 Å². The first-order chi connectivity index (χ1) is 11.9. The maximum atomic E-state index is 13.1. The predicted molar refractivity (Wildman–Crippen MR) is 101 cm³/mol. The number of hydrogen-bond donors (Lipinski definition) is 0. The normalized spacial score (nSPS) is 18.1. The predicted octanol–water partition coefficient (Wildman–Crippen LogP) is 3.42. The van der Waals surface area contributed by atoms with Crippen LogP contribution >= 0.6 is 15.9 Å². The lowest BCUT2D eigenvalue weighted by atomic mass is 10.1. The van der Waals surface area contributed by atoms with Crippen molar-refractivity contribution in [2.45, 2.75) is 6.04 Å². The van der Waals surface area contributed by atoms with Gasteiger partial charge in [-0.3, -0.25) is 4.79 Å². The summed E-state index contributed by atoms with van der Waals surface area (Å²) in [6.07, 6.45) is 1.55. The molecule has 0 saturated carbocycles. The van der Waals surface area contributed by atoms with Gasteiger partial charge in [-0.1, -0.05) is 22.0 Å². The Labute approximate surface area is 155 Å². The van der Waals surface area contributed by atoms with E-state index >= 15 is 0 Å². The third kappa shape index (κ3) is 3.93. The zero-order chi connectivity index (χ0) is 18.0. The Kier molecular flexibility index (Phi) is 4.96. The Balaban J connectivity index is 2.02. The lowest BCUT2D eigenvalue weighted by Gasteiger charge is -2.28. The topological polar surface area (TPSA) is 63.7 Å². The third-order valence-electron chi connectivity index (χ3n) is 3.88. The van der Waals surface area contributed by atoms with Crippen molar-refractivity contribution in [3.05, 3.63) is 70.1 Å². The van der Waals surface area contributed by atoms with Crippen LogP contribution in [0.25, 0.3) is 0 Å². The van der Waals surface area contributed by atoms with Crippen LogP contribution in [0.1, 0.15) is 10.4 Å². The number of carbonyl (C=O) groups excluding carboxylic acids is 1. The Morgan fingerprint density at radius 1 is 1.20 bits per heavy atom. The highest BCUT2D eigenvalue weighted by Crippen LogP contribution is 2.27. The summed E-state index contributed by atoms with van der Waals surface area (Å²) in [6, 6.07) is 13.4. The van der Waals surface area contributed by atoms with Gasteiger partial charge in [-0.25, -0.2) is 8.42 Å². The molecule has 130 valence electrons. The molecule has 0 radical (unpaired) electrons. The van der Waals surface area contributed by atoms with Crippen molar-refractivity contribution < 1.29 is 17.9 Å². The van der Waals surface area contributed by atoms with Crippen LogP contribution < -0.4 is 9.64 Å². The molecule has 1 unspecified atom stereocenters. The van der Waals surface area contributed by atoms with Crippen LogP contribution in [0.5, 0.6) is 5.75 Å². The van der Waals surface area contributed by atoms with Crippen LogP contribution in [0.2, 0.25) is 0 Å². The molecule has 0 fully saturated rings. The smallest absolute Gasteiger partial charge is 0.258 e. The van der Waals surface area contributed by atoms with Crippen LogP contribution in [0.15, 0.2) is 64.5 Å². The molecule has 7 heteroatoms. The highest BCUT2D eigenvalue weighted by molar-refractivity contribution is 9.10. The average Bonchev–Trinajstić information content (AvgIpc) is 2.96. The van der Waals surface area contributed by atoms with Crippen molar-refractivity contribution in [1.29, 1.82) is 0 Å². The van der Waals surface area contributed by atoms with Crippen molar-refractivity contribution >= 4 is 37.4 Å². The maximum absolute atomic E-state index is 13.1. The van der Waals surface area contributed by atoms with E-state index in [4.69, 9.17) is 4.74 Å². The van der Waals surface area contributed by atoms with Crippen molar-refractivity contribution in [3.63, 3.8) is 0 Å². The molecule has 0 aromatic heterocycles. The van der Waals surface area contributed by atoms with E-state index in [1.165, 1.54) is 17.4 Å². The summed E-state index contributed by atoms with van der Waals surface area (Å²) >= 11 is 3.37. The minimum absolute atomic E-state index is 0.126. The highest BCUT2D eigenvalue weighted by Gasteiger charge is 2.32. The van der Waals surface area contributed by atoms with Gasteiger partial charge >= 0.3 is 0 Å². The summed E-state index contributed by atoms with van der Waals surface area (Å²) in [5, 5.41) is 1.17. The minimum Gasteiger partial charge on any atom is -0.497 e. The number of ether oxygens (including phenoxy) is 1. The van der Waals surface area contributed by atoms with Gasteiger partial charge in [0.1, 0.15) is 5.75 Å². The molecule has 1 amide bonds. The Hall–Kier alpha value is -2.12. The molecular formula is C18H16BrNO4S. The van der Waals surface area contributed by atoms with Gasteiger partial charge in [0.15, 0.2) is 9.84 Å². The van der Waals surface area contributed by atoms with Gasteiger partial charge in [-0.2, -0.15) is 0 Å². The average molecular weight is 422 g/mol. The molecule has 5 nitrogen and oxygen atoms in total. The SMILES string of the molecule is COc1cccc(C(=O)N(c2ccc(Br)cc2)C2C=CS(=O)(=O)C2)c1. The van der Waals surface area contributed by atoms with E-state index in [-0.39, 0.29) is 11.7 Å². The van der Waals surface area contributed by atoms with Gasteiger partial charge < -0.3 is 9.64 Å². The molecule has 0 N–H and O–H groups in total. The molecular weight excluding hydrogens is 406 g/mol. The van der Waals surface area contributed by atoms with Crippen LogP contribution in [0.4, 0.5) is 5.69 Å². The van der Waals surface area contributed by atoms with E-state index < -0.39 is 15.9 Å². The number of benzene rings is 2. The highest BCUT2D eigenvalue weighted by atomic mass is 79.9. The van der Waals surface area contributed by atoms with Crippen LogP contribution in [-0.4, -0.2) is 33.2 Å². The second-order valence-corrected chi connectivity index (χ2v) is 8.46. The summed E-state index contributed by atoms with van der Waals surface area (Å²) in [7, 11) is -1.76. The number of amides is 1. The fourth-order valence-corrected chi connectivity index (χ4v) is 4.21. The Morgan fingerprint density at radius 3 is 2.52 bits per heavy atom. The Bertz CT molecular complexity index is 922. The molecule has 1 aliphatic rings. The summed E-state index contributed by atoms with van der Waals surface area (Å²) in [5.74, 6) is 0.155. The first-order valence-electron chi connectivity index (χ1n) is 7.54. The van der Waals surface area contributed by atoms with Crippen LogP contribution in [-0.2, 0) is 9.84 Å². The van der Waals surface area contributed by atoms with Crippen molar-refractivity contribution in [3.8, 4) is 5.75 Å². The van der Waals surface area contributed by atoms with E-state index in [0.29, 0.717) is 17.0 Å². The monoisotopic (exact) mass is 421 g/mol. The third-order valence-corrected chi connectivity index (χ3v) is 5.79. The first-order valence-corrected chi connectivity index (χ1v) is 10.0. The van der Waals surface area contributed by atoms with E-state index in [9.17, 15) is 13.2 Å². The summed E-state index contributed by atoms with van der Waals surface area (Å²) in [6.45, 7) is 0. The summed E-state index contributed by atoms with van der Waals surface area (Å²) in [4.78, 5) is 14.6. The molecule has 1 aliphatic heterocycles. The van der Waals surface area contributed by atoms with E-state index in [0.717, 1.165) is 4.47 Å². The number of sulfone groups is 1. The molecule has 1 heterocycles. The number of nitrogens with zero attached hydrogens (tertiary/aromatic N) is 1. The summed E-state index contributed by atoms with van der Waals surface area (Å²) < 4.78 is 29.7. The number of methoxy groups -OCH3 is 1. The molecule has 3 rings (SSSR count). The fraction of sp³-hybridized carbons (Fsp3) is 0.167. The molecule has 1 atom stereocenters. The fourth-order valence-electron chi connectivity index (χ4n) is 2.68. The van der Waals surface area contributed by atoms with Crippen LogP contribution in [0, 0.1) is 0 Å². The molecule has 25 heavy (non-hydrogen) atoms. The van der Waals surface area contributed by atoms with Crippen LogP contribution in [0.3, 0.4) is 0 Å². The lowest BCUT2D eigenvalue weighted by molar-refractivity contribution is 0.0983. The summed E-state index contributed by atoms with van der Waals surface area (Å²) in [5.41, 5.74) is 1.06. The van der Waals surface area contributed by atoms with Gasteiger partial charge in [0, 0.05) is 21.1 Å². The minimum atomic E-state index is -3.29. The quantitative estimate of drug-likeness (QED) is 0.758. The van der Waals surface area contributed by atoms with Crippen molar-refractivity contribution in [2.24, 2.45) is 0 Å². The van der Waals surface area contributed by atoms with Crippen molar-refractivity contribution in [1.82, 2.24) is 0 Å². The zero-order valence-corrected chi connectivity index (χ0v) is 15.8. The van der Waals surface area contributed by atoms with Gasteiger partial charge in [0.2, 0.25) is 0 Å². The lowest BCUT2D eigenvalue weighted by Crippen LogP contribution is -2.41. The number of carbonyl (C=O) groups is 1. The van der Waals surface area contributed by atoms with E-state index in [2.05, 4.69) is 15.9 Å². The second kappa shape index (κ2) is 7.01. The molecule has 2 aromatic carbocycles. The zero-order valence-electron chi connectivity index (χ0n) is 13.4. The van der Waals surface area contributed by atoms with Crippen molar-refractivity contribution in [2.75, 3.05) is 17.8 Å². The van der Waals surface area contributed by atoms with E-state index in [1.807, 2.05) is 12.1 Å². The number of hydrogen-bond acceptors (Lipinski definition) is 4. The van der Waals surface area contributed by atoms with Gasteiger partial charge in [-0.05, 0) is 48.5 Å². The largest absolute Gasteiger partial charge is 0.497 e. The molecule has 0 saturated heterocycles. The van der Waals surface area contributed by atoms with Gasteiger partial charge in [-0.15, -0.1) is 0 Å². The molecule has 2 aromatic rings. The number of rotatable bonds is 4. The second-order valence-electron chi connectivity index (χ2n) is 5.61. The van der Waals surface area contributed by atoms with Gasteiger partial charge in [0.05, 0.1) is 18.9 Å². The molecule has 0 bridgehead atoms. The molecule has 0 spiro atoms. The van der Waals surface area contributed by atoms with Gasteiger partial charge in [0.25, 0.3) is 5.91 Å². The number of anilines is 1. The standard InChI is InChI=1S/C18H16BrNO4S/c1-24-17-4-2-3-13(11-17)18(21)20(15-7-5-14(19)6-8-15)16-9-10-25(22,23)12-16/h2-11,16H,12H2,1H3. The molecule has 0 aliphatic carbocycles.